The lowest BCUT2D eigenvalue weighted by Crippen LogP contribution is -2.41. The highest BCUT2D eigenvalue weighted by atomic mass is 16.3. The Morgan fingerprint density at radius 2 is 2.38 bits per heavy atom. The molecule has 0 aliphatic heterocycles. The third kappa shape index (κ3) is 1.69. The lowest BCUT2D eigenvalue weighted by Gasteiger charge is -2.38. The fourth-order valence-corrected chi connectivity index (χ4v) is 2.66. The maximum atomic E-state index is 12.2. The quantitative estimate of drug-likeness (QED) is 0.837. The fraction of sp³-hybridized carbons (Fsp3) is 0.615. The highest BCUT2D eigenvalue weighted by Gasteiger charge is 2.45. The molecule has 0 amide bonds. The summed E-state index contributed by atoms with van der Waals surface area (Å²) in [6.07, 6.45) is 4.98. The third-order valence-electron chi connectivity index (χ3n) is 3.81. The molecule has 2 rings (SSSR count). The van der Waals surface area contributed by atoms with Crippen molar-refractivity contribution in [1.29, 1.82) is 0 Å². The van der Waals surface area contributed by atoms with Gasteiger partial charge in [0, 0.05) is 11.5 Å². The molecule has 1 aliphatic carbocycles. The molecule has 0 saturated heterocycles. The molecular formula is C13H18O3. The Kier molecular flexibility index (Phi) is 2.89. The molecule has 3 atom stereocenters. The summed E-state index contributed by atoms with van der Waals surface area (Å²) in [6, 6.07) is 1.72. The molecular weight excluding hydrogens is 204 g/mol. The average Bonchev–Trinajstić information content (AvgIpc) is 2.78. The summed E-state index contributed by atoms with van der Waals surface area (Å²) in [5.74, 6) is 0.229. The second-order valence-corrected chi connectivity index (χ2v) is 5.03. The molecule has 16 heavy (non-hydrogen) atoms. The van der Waals surface area contributed by atoms with Crippen molar-refractivity contribution in [2.24, 2.45) is 11.3 Å². The number of carbonyl (C=O) groups is 1. The molecule has 1 aromatic rings. The molecule has 0 spiro atoms. The van der Waals surface area contributed by atoms with Gasteiger partial charge < -0.3 is 9.52 Å². The van der Waals surface area contributed by atoms with E-state index in [1.807, 2.05) is 13.8 Å². The molecule has 1 aromatic heterocycles. The van der Waals surface area contributed by atoms with Crippen LogP contribution in [0.2, 0.25) is 0 Å². The molecule has 88 valence electrons. The first-order valence-corrected chi connectivity index (χ1v) is 5.80. The van der Waals surface area contributed by atoms with Crippen LogP contribution in [0.1, 0.15) is 44.8 Å². The highest BCUT2D eigenvalue weighted by molar-refractivity contribution is 5.87. The molecule has 0 unspecified atom stereocenters. The van der Waals surface area contributed by atoms with Crippen molar-refractivity contribution in [1.82, 2.24) is 0 Å². The van der Waals surface area contributed by atoms with Crippen LogP contribution in [0, 0.1) is 11.3 Å². The van der Waals surface area contributed by atoms with Crippen molar-refractivity contribution >= 4 is 5.78 Å². The minimum Gasteiger partial charge on any atom is -0.472 e. The van der Waals surface area contributed by atoms with Gasteiger partial charge in [0.1, 0.15) is 5.78 Å². The molecule has 0 radical (unpaired) electrons. The van der Waals surface area contributed by atoms with Crippen molar-refractivity contribution in [3.05, 3.63) is 24.2 Å². The normalized spacial score (nSPS) is 32.7. The zero-order chi connectivity index (χ0) is 11.8. The SMILES string of the molecule is C[C@H]1CCC[C@@](C)([C@@H](O)c2ccoc2)C1=O. The van der Waals surface area contributed by atoms with Gasteiger partial charge in [-0.3, -0.25) is 4.79 Å². The van der Waals surface area contributed by atoms with Gasteiger partial charge in [0.2, 0.25) is 0 Å². The minimum atomic E-state index is -0.749. The number of aliphatic hydroxyl groups excluding tert-OH is 1. The first-order chi connectivity index (χ1) is 7.55. The van der Waals surface area contributed by atoms with Crippen LogP contribution >= 0.6 is 0 Å². The molecule has 1 N–H and O–H groups in total. The predicted octanol–water partition coefficient (Wildman–Crippen LogP) is 2.71. The second-order valence-electron chi connectivity index (χ2n) is 5.03. The van der Waals surface area contributed by atoms with Gasteiger partial charge in [0.25, 0.3) is 0 Å². The molecule has 0 bridgehead atoms. The maximum Gasteiger partial charge on any atom is 0.144 e. The second kappa shape index (κ2) is 4.06. The van der Waals surface area contributed by atoms with Gasteiger partial charge in [-0.15, -0.1) is 0 Å². The summed E-state index contributed by atoms with van der Waals surface area (Å²) in [5, 5.41) is 10.3. The monoisotopic (exact) mass is 222 g/mol. The average molecular weight is 222 g/mol. The number of Topliss-reactive ketones (excluding diaryl/α,β-unsaturated/α-hetero) is 1. The lowest BCUT2D eigenvalue weighted by atomic mass is 9.66. The van der Waals surface area contributed by atoms with Gasteiger partial charge in [-0.1, -0.05) is 13.3 Å². The summed E-state index contributed by atoms with van der Waals surface area (Å²) < 4.78 is 4.96. The van der Waals surface area contributed by atoms with E-state index >= 15 is 0 Å². The van der Waals surface area contributed by atoms with Crippen molar-refractivity contribution in [2.45, 2.75) is 39.2 Å². The number of hydrogen-bond donors (Lipinski definition) is 1. The smallest absolute Gasteiger partial charge is 0.144 e. The summed E-state index contributed by atoms with van der Waals surface area (Å²) in [5.41, 5.74) is 0.0478. The third-order valence-corrected chi connectivity index (χ3v) is 3.81. The first kappa shape index (κ1) is 11.4. The van der Waals surface area contributed by atoms with Gasteiger partial charge in [-0.25, -0.2) is 0 Å². The molecule has 0 aromatic carbocycles. The molecule has 1 heterocycles. The number of furan rings is 1. The van der Waals surface area contributed by atoms with Crippen molar-refractivity contribution in [3.63, 3.8) is 0 Å². The Balaban J connectivity index is 2.27. The minimum absolute atomic E-state index is 0.0558. The Morgan fingerprint density at radius 3 is 3.00 bits per heavy atom. The van der Waals surface area contributed by atoms with Crippen LogP contribution in [0.15, 0.2) is 23.0 Å². The standard InChI is InChI=1S/C13H18O3/c1-9-4-3-6-13(2,11(9)14)12(15)10-5-7-16-8-10/h5,7-9,12,15H,3-4,6H2,1-2H3/t9-,12-,13+/m0/s1. The van der Waals surface area contributed by atoms with E-state index in [1.54, 1.807) is 6.07 Å². The molecule has 3 nitrogen and oxygen atoms in total. The van der Waals surface area contributed by atoms with Gasteiger partial charge in [-0.05, 0) is 25.8 Å². The zero-order valence-electron chi connectivity index (χ0n) is 9.77. The van der Waals surface area contributed by atoms with Crippen LogP contribution < -0.4 is 0 Å². The van der Waals surface area contributed by atoms with Crippen molar-refractivity contribution < 1.29 is 14.3 Å². The van der Waals surface area contributed by atoms with Crippen LogP contribution in [-0.4, -0.2) is 10.9 Å². The van der Waals surface area contributed by atoms with Crippen LogP contribution in [0.5, 0.6) is 0 Å². The Bertz CT molecular complexity index is 369. The predicted molar refractivity (Wildman–Crippen MR) is 59.8 cm³/mol. The van der Waals surface area contributed by atoms with E-state index in [4.69, 9.17) is 4.42 Å². The highest BCUT2D eigenvalue weighted by Crippen LogP contribution is 2.45. The fourth-order valence-electron chi connectivity index (χ4n) is 2.66. The van der Waals surface area contributed by atoms with Gasteiger partial charge in [0.15, 0.2) is 0 Å². The summed E-state index contributed by atoms with van der Waals surface area (Å²) >= 11 is 0. The lowest BCUT2D eigenvalue weighted by molar-refractivity contribution is -0.142. The topological polar surface area (TPSA) is 50.4 Å². The van der Waals surface area contributed by atoms with Crippen molar-refractivity contribution in [3.8, 4) is 0 Å². The van der Waals surface area contributed by atoms with Crippen LogP contribution in [0.25, 0.3) is 0 Å². The molecule has 1 aliphatic rings. The van der Waals surface area contributed by atoms with Crippen LogP contribution in [-0.2, 0) is 4.79 Å². The summed E-state index contributed by atoms with van der Waals surface area (Å²) in [4.78, 5) is 12.2. The molecule has 1 saturated carbocycles. The summed E-state index contributed by atoms with van der Waals surface area (Å²) in [6.45, 7) is 3.81. The molecule has 1 fully saturated rings. The number of aliphatic hydroxyl groups is 1. The Hall–Kier alpha value is -1.09. The van der Waals surface area contributed by atoms with Gasteiger partial charge in [0.05, 0.1) is 24.0 Å². The van der Waals surface area contributed by atoms with E-state index in [0.29, 0.717) is 5.56 Å². The van der Waals surface area contributed by atoms with Crippen LogP contribution in [0.3, 0.4) is 0 Å². The van der Waals surface area contributed by atoms with E-state index in [2.05, 4.69) is 0 Å². The van der Waals surface area contributed by atoms with Crippen molar-refractivity contribution in [2.75, 3.05) is 0 Å². The van der Waals surface area contributed by atoms with E-state index in [-0.39, 0.29) is 11.7 Å². The maximum absolute atomic E-state index is 12.2. The van der Waals surface area contributed by atoms with E-state index in [1.165, 1.54) is 12.5 Å². The number of rotatable bonds is 2. The van der Waals surface area contributed by atoms with Crippen LogP contribution in [0.4, 0.5) is 0 Å². The Labute approximate surface area is 95.5 Å². The Morgan fingerprint density at radius 1 is 1.62 bits per heavy atom. The van der Waals surface area contributed by atoms with E-state index < -0.39 is 11.5 Å². The number of hydrogen-bond acceptors (Lipinski definition) is 3. The van der Waals surface area contributed by atoms with E-state index in [0.717, 1.165) is 19.3 Å². The first-order valence-electron chi connectivity index (χ1n) is 5.80. The zero-order valence-corrected chi connectivity index (χ0v) is 9.77. The largest absolute Gasteiger partial charge is 0.472 e. The summed E-state index contributed by atoms with van der Waals surface area (Å²) in [7, 11) is 0. The van der Waals surface area contributed by atoms with Gasteiger partial charge >= 0.3 is 0 Å². The van der Waals surface area contributed by atoms with Gasteiger partial charge in [-0.2, -0.15) is 0 Å². The number of ketones is 1. The number of carbonyl (C=O) groups excluding carboxylic acids is 1. The van der Waals surface area contributed by atoms with E-state index in [9.17, 15) is 9.90 Å². The molecule has 3 heteroatoms.